The Labute approximate surface area is 161 Å². The van der Waals surface area contributed by atoms with Gasteiger partial charge in [0, 0.05) is 24.2 Å². The molecule has 3 heterocycles. The van der Waals surface area contributed by atoms with Crippen LogP contribution in [0.2, 0.25) is 0 Å². The number of hydrogen-bond acceptors (Lipinski definition) is 4. The zero-order valence-electron chi connectivity index (χ0n) is 15.2. The highest BCUT2D eigenvalue weighted by Crippen LogP contribution is 2.20. The molecule has 140 valence electrons. The fourth-order valence-electron chi connectivity index (χ4n) is 3.49. The predicted molar refractivity (Wildman–Crippen MR) is 107 cm³/mol. The number of ether oxygens (including phenoxy) is 1. The molecule has 1 atom stereocenters. The van der Waals surface area contributed by atoms with Gasteiger partial charge in [-0.3, -0.25) is 9.59 Å². The van der Waals surface area contributed by atoms with Crippen LogP contribution in [0.25, 0.3) is 10.9 Å². The van der Waals surface area contributed by atoms with E-state index in [1.807, 2.05) is 48.7 Å². The van der Waals surface area contributed by atoms with Crippen LogP contribution in [0.15, 0.2) is 46.6 Å². The molecule has 1 amide bonds. The van der Waals surface area contributed by atoms with Crippen molar-refractivity contribution in [3.05, 3.63) is 68.1 Å². The maximum absolute atomic E-state index is 13.0. The van der Waals surface area contributed by atoms with Gasteiger partial charge in [-0.05, 0) is 54.3 Å². The number of rotatable bonds is 5. The van der Waals surface area contributed by atoms with Crippen molar-refractivity contribution in [3.8, 4) is 0 Å². The van der Waals surface area contributed by atoms with Crippen molar-refractivity contribution >= 4 is 28.1 Å². The molecule has 0 bridgehead atoms. The molecule has 4 rings (SSSR count). The number of H-pyrrole nitrogens is 1. The number of aromatic amines is 1. The van der Waals surface area contributed by atoms with Crippen molar-refractivity contribution in [1.82, 2.24) is 9.88 Å². The first-order valence-electron chi connectivity index (χ1n) is 9.17. The number of carbonyl (C=O) groups is 1. The third-order valence-corrected chi connectivity index (χ3v) is 5.76. The van der Waals surface area contributed by atoms with Crippen LogP contribution in [-0.4, -0.2) is 35.0 Å². The molecule has 27 heavy (non-hydrogen) atoms. The number of pyridine rings is 1. The van der Waals surface area contributed by atoms with Crippen molar-refractivity contribution in [2.75, 3.05) is 13.2 Å². The normalized spacial score (nSPS) is 16.7. The molecule has 0 radical (unpaired) electrons. The fourth-order valence-corrected chi connectivity index (χ4v) is 4.18. The lowest BCUT2D eigenvalue weighted by molar-refractivity contribution is 0.0510. The van der Waals surface area contributed by atoms with E-state index in [-0.39, 0.29) is 24.1 Å². The van der Waals surface area contributed by atoms with Gasteiger partial charge >= 0.3 is 0 Å². The summed E-state index contributed by atoms with van der Waals surface area (Å²) < 4.78 is 5.73. The van der Waals surface area contributed by atoms with Crippen LogP contribution in [-0.2, 0) is 11.3 Å². The highest BCUT2D eigenvalue weighted by molar-refractivity contribution is 7.12. The third-order valence-electron chi connectivity index (χ3n) is 4.91. The molecular formula is C21H22N2O3S. The molecule has 0 aliphatic carbocycles. The third kappa shape index (κ3) is 3.96. The van der Waals surface area contributed by atoms with Gasteiger partial charge in [0.15, 0.2) is 0 Å². The largest absolute Gasteiger partial charge is 0.376 e. The SMILES string of the molecule is Cc1ccc2cc(CN(C[C@@H]3CCCO3)C(=O)c3cccs3)c(=O)[nH]c2c1. The average Bonchev–Trinajstić information content (AvgIpc) is 3.35. The standard InChI is InChI=1S/C21H22N2O3S/c1-14-6-7-15-11-16(20(24)22-18(15)10-14)12-23(13-17-4-2-8-26-17)21(25)19-5-3-9-27-19/h3,5-7,9-11,17H,2,4,8,12-13H2,1H3,(H,22,24)/t17-/m0/s1. The molecule has 5 nitrogen and oxygen atoms in total. The van der Waals surface area contributed by atoms with Crippen molar-refractivity contribution in [1.29, 1.82) is 0 Å². The maximum atomic E-state index is 13.0. The molecule has 3 aromatic rings. The minimum atomic E-state index is -0.149. The Bertz CT molecular complexity index is 1000. The number of benzene rings is 1. The highest BCUT2D eigenvalue weighted by Gasteiger charge is 2.25. The Morgan fingerprint density at radius 1 is 1.33 bits per heavy atom. The summed E-state index contributed by atoms with van der Waals surface area (Å²) in [6.07, 6.45) is 2.00. The number of fused-ring (bicyclic) bond motifs is 1. The Morgan fingerprint density at radius 3 is 2.96 bits per heavy atom. The van der Waals surface area contributed by atoms with E-state index in [1.165, 1.54) is 11.3 Å². The van der Waals surface area contributed by atoms with Gasteiger partial charge in [-0.25, -0.2) is 0 Å². The van der Waals surface area contributed by atoms with Crippen LogP contribution in [0.1, 0.15) is 33.6 Å². The summed E-state index contributed by atoms with van der Waals surface area (Å²) in [5.41, 5.74) is 2.36. The van der Waals surface area contributed by atoms with Gasteiger partial charge in [-0.1, -0.05) is 18.2 Å². The smallest absolute Gasteiger partial charge is 0.264 e. The monoisotopic (exact) mass is 382 g/mol. The quantitative estimate of drug-likeness (QED) is 0.732. The van der Waals surface area contributed by atoms with E-state index in [2.05, 4.69) is 4.98 Å². The van der Waals surface area contributed by atoms with Crippen LogP contribution in [0.5, 0.6) is 0 Å². The van der Waals surface area contributed by atoms with Crippen LogP contribution in [0, 0.1) is 6.92 Å². The topological polar surface area (TPSA) is 62.4 Å². The zero-order chi connectivity index (χ0) is 18.8. The van der Waals surface area contributed by atoms with Crippen LogP contribution < -0.4 is 5.56 Å². The summed E-state index contributed by atoms with van der Waals surface area (Å²) in [6, 6.07) is 11.6. The Hall–Kier alpha value is -2.44. The summed E-state index contributed by atoms with van der Waals surface area (Å²) in [5, 5.41) is 2.86. The molecule has 0 saturated carbocycles. The van der Waals surface area contributed by atoms with E-state index < -0.39 is 0 Å². The van der Waals surface area contributed by atoms with Crippen LogP contribution in [0.4, 0.5) is 0 Å². The van der Waals surface area contributed by atoms with Gasteiger partial charge in [0.2, 0.25) is 0 Å². The number of hydrogen-bond donors (Lipinski definition) is 1. The second-order valence-electron chi connectivity index (χ2n) is 7.01. The first kappa shape index (κ1) is 17.9. The van der Waals surface area contributed by atoms with E-state index in [0.29, 0.717) is 17.0 Å². The minimum Gasteiger partial charge on any atom is -0.376 e. The molecule has 0 unspecified atom stereocenters. The fraction of sp³-hybridized carbons (Fsp3) is 0.333. The summed E-state index contributed by atoms with van der Waals surface area (Å²) in [4.78, 5) is 31.0. The Morgan fingerprint density at radius 2 is 2.22 bits per heavy atom. The minimum absolute atomic E-state index is 0.0381. The molecular weight excluding hydrogens is 360 g/mol. The average molecular weight is 382 g/mol. The van der Waals surface area contributed by atoms with Crippen molar-refractivity contribution in [3.63, 3.8) is 0 Å². The number of carbonyl (C=O) groups excluding carboxylic acids is 1. The van der Waals surface area contributed by atoms with Crippen LogP contribution >= 0.6 is 11.3 Å². The number of thiophene rings is 1. The summed E-state index contributed by atoms with van der Waals surface area (Å²) >= 11 is 1.42. The van der Waals surface area contributed by atoms with E-state index in [1.54, 1.807) is 4.90 Å². The van der Waals surface area contributed by atoms with Crippen molar-refractivity contribution in [2.45, 2.75) is 32.4 Å². The number of aryl methyl sites for hydroxylation is 1. The van der Waals surface area contributed by atoms with Crippen LogP contribution in [0.3, 0.4) is 0 Å². The summed E-state index contributed by atoms with van der Waals surface area (Å²) in [5.74, 6) is -0.0519. The summed E-state index contributed by atoms with van der Waals surface area (Å²) in [7, 11) is 0. The lowest BCUT2D eigenvalue weighted by atomic mass is 10.1. The lowest BCUT2D eigenvalue weighted by Crippen LogP contribution is -2.38. The van der Waals surface area contributed by atoms with Gasteiger partial charge < -0.3 is 14.6 Å². The lowest BCUT2D eigenvalue weighted by Gasteiger charge is -2.25. The molecule has 6 heteroatoms. The second kappa shape index (κ2) is 7.66. The molecule has 1 aromatic carbocycles. The van der Waals surface area contributed by atoms with Gasteiger partial charge in [-0.2, -0.15) is 0 Å². The van der Waals surface area contributed by atoms with E-state index in [9.17, 15) is 9.59 Å². The number of aromatic nitrogens is 1. The maximum Gasteiger partial charge on any atom is 0.264 e. The van der Waals surface area contributed by atoms with Gasteiger partial charge in [0.25, 0.3) is 11.5 Å². The van der Waals surface area contributed by atoms with Gasteiger partial charge in [0.05, 0.1) is 17.5 Å². The number of nitrogens with one attached hydrogen (secondary N) is 1. The van der Waals surface area contributed by atoms with Crippen molar-refractivity contribution in [2.24, 2.45) is 0 Å². The Balaban J connectivity index is 1.65. The molecule has 1 saturated heterocycles. The number of amides is 1. The molecule has 1 aliphatic heterocycles. The van der Waals surface area contributed by atoms with Gasteiger partial charge in [-0.15, -0.1) is 11.3 Å². The highest BCUT2D eigenvalue weighted by atomic mass is 32.1. The van der Waals surface area contributed by atoms with E-state index in [4.69, 9.17) is 4.74 Å². The number of nitrogens with zero attached hydrogens (tertiary/aromatic N) is 1. The second-order valence-corrected chi connectivity index (χ2v) is 7.96. The Kier molecular flexibility index (Phi) is 5.09. The molecule has 0 spiro atoms. The predicted octanol–water partition coefficient (Wildman–Crippen LogP) is 3.72. The van der Waals surface area contributed by atoms with Crippen molar-refractivity contribution < 1.29 is 9.53 Å². The first-order valence-corrected chi connectivity index (χ1v) is 10.0. The molecule has 1 fully saturated rings. The van der Waals surface area contributed by atoms with E-state index in [0.717, 1.165) is 35.9 Å². The van der Waals surface area contributed by atoms with E-state index >= 15 is 0 Å². The molecule has 1 aliphatic rings. The first-order chi connectivity index (χ1) is 13.1. The zero-order valence-corrected chi connectivity index (χ0v) is 16.1. The summed E-state index contributed by atoms with van der Waals surface area (Å²) in [6.45, 7) is 3.51. The molecule has 2 aromatic heterocycles. The molecule has 1 N–H and O–H groups in total. The van der Waals surface area contributed by atoms with Gasteiger partial charge in [0.1, 0.15) is 0 Å².